The molecule has 2 aliphatic rings. The summed E-state index contributed by atoms with van der Waals surface area (Å²) in [5.41, 5.74) is 0.273. The second-order valence-electron chi connectivity index (χ2n) is 6.97. The highest BCUT2D eigenvalue weighted by atomic mass is 32.2. The minimum Gasteiger partial charge on any atom is -0.381 e. The van der Waals surface area contributed by atoms with Crippen LogP contribution in [-0.2, 0) is 14.8 Å². The van der Waals surface area contributed by atoms with Gasteiger partial charge in [-0.3, -0.25) is 4.99 Å². The fraction of sp³-hybridized carbons (Fsp3) is 0.706. The van der Waals surface area contributed by atoms with Crippen LogP contribution in [0.4, 0.5) is 0 Å². The van der Waals surface area contributed by atoms with Gasteiger partial charge >= 0.3 is 0 Å². The smallest absolute Gasteiger partial charge is 0.252 e. The first-order valence-electron chi connectivity index (χ1n) is 9.08. The number of guanidine groups is 1. The Morgan fingerprint density at radius 2 is 2.35 bits per heavy atom. The van der Waals surface area contributed by atoms with Crippen LogP contribution in [0.15, 0.2) is 26.7 Å². The number of likely N-dealkylation sites (N-methyl/N-ethyl adjacent to an activating group) is 1. The highest BCUT2D eigenvalue weighted by molar-refractivity contribution is 7.91. The van der Waals surface area contributed by atoms with Crippen molar-refractivity contribution >= 4 is 27.3 Å². The number of thiophene rings is 1. The van der Waals surface area contributed by atoms with Crippen molar-refractivity contribution in [1.29, 1.82) is 0 Å². The first-order valence-corrected chi connectivity index (χ1v) is 11.4. The second-order valence-corrected chi connectivity index (χ2v) is 10.2. The maximum atomic E-state index is 12.5. The molecule has 146 valence electrons. The van der Waals surface area contributed by atoms with Crippen LogP contribution in [0.2, 0.25) is 0 Å². The number of ether oxygens (including phenoxy) is 1. The van der Waals surface area contributed by atoms with E-state index in [1.165, 1.54) is 15.6 Å². The average molecular weight is 401 g/mol. The summed E-state index contributed by atoms with van der Waals surface area (Å²) in [5, 5.41) is 5.12. The van der Waals surface area contributed by atoms with E-state index in [0.29, 0.717) is 17.3 Å². The van der Waals surface area contributed by atoms with E-state index in [2.05, 4.69) is 15.2 Å². The van der Waals surface area contributed by atoms with E-state index >= 15 is 0 Å². The van der Waals surface area contributed by atoms with Gasteiger partial charge in [0.2, 0.25) is 0 Å². The summed E-state index contributed by atoms with van der Waals surface area (Å²) in [6.45, 7) is 7.26. The lowest BCUT2D eigenvalue weighted by molar-refractivity contribution is 0.156. The van der Waals surface area contributed by atoms with Gasteiger partial charge in [0, 0.05) is 45.2 Å². The van der Waals surface area contributed by atoms with Gasteiger partial charge in [-0.2, -0.15) is 4.31 Å². The lowest BCUT2D eigenvalue weighted by Gasteiger charge is -2.25. The molecule has 0 bridgehead atoms. The van der Waals surface area contributed by atoms with E-state index in [-0.39, 0.29) is 5.41 Å². The first kappa shape index (κ1) is 19.6. The SMILES string of the molecule is CCNC(=NCCN(C)S(=O)(=O)c1cccs1)N1CCC2(CCOC2)C1. The zero-order valence-corrected chi connectivity index (χ0v) is 17.1. The van der Waals surface area contributed by atoms with Crippen LogP contribution in [0.5, 0.6) is 0 Å². The fourth-order valence-corrected chi connectivity index (χ4v) is 5.86. The van der Waals surface area contributed by atoms with E-state index < -0.39 is 10.0 Å². The Kier molecular flexibility index (Phi) is 6.21. The van der Waals surface area contributed by atoms with Crippen LogP contribution < -0.4 is 5.32 Å². The predicted molar refractivity (Wildman–Crippen MR) is 104 cm³/mol. The van der Waals surface area contributed by atoms with Gasteiger partial charge in [0.15, 0.2) is 5.96 Å². The molecule has 1 N–H and O–H groups in total. The molecule has 3 rings (SSSR count). The zero-order valence-electron chi connectivity index (χ0n) is 15.5. The van der Waals surface area contributed by atoms with Crippen molar-refractivity contribution in [2.45, 2.75) is 24.0 Å². The molecule has 1 aromatic rings. The number of likely N-dealkylation sites (tertiary alicyclic amines) is 1. The summed E-state index contributed by atoms with van der Waals surface area (Å²) in [6.07, 6.45) is 2.24. The summed E-state index contributed by atoms with van der Waals surface area (Å²) in [4.78, 5) is 6.96. The lowest BCUT2D eigenvalue weighted by Crippen LogP contribution is -2.42. The Bertz CT molecular complexity index is 712. The molecule has 0 saturated carbocycles. The molecule has 0 aromatic carbocycles. The minimum absolute atomic E-state index is 0.273. The number of hydrogen-bond acceptors (Lipinski definition) is 5. The molecular weight excluding hydrogens is 372 g/mol. The van der Waals surface area contributed by atoms with Gasteiger partial charge < -0.3 is 15.0 Å². The summed E-state index contributed by atoms with van der Waals surface area (Å²) < 4.78 is 32.3. The largest absolute Gasteiger partial charge is 0.381 e. The number of nitrogens with zero attached hydrogens (tertiary/aromatic N) is 3. The normalized spacial score (nSPS) is 24.1. The maximum absolute atomic E-state index is 12.5. The molecule has 0 aliphatic carbocycles. The van der Waals surface area contributed by atoms with Gasteiger partial charge in [-0.15, -0.1) is 11.3 Å². The van der Waals surface area contributed by atoms with Gasteiger partial charge in [-0.05, 0) is 31.2 Å². The Balaban J connectivity index is 1.59. The monoisotopic (exact) mass is 400 g/mol. The van der Waals surface area contributed by atoms with Crippen molar-refractivity contribution in [3.63, 3.8) is 0 Å². The number of sulfonamides is 1. The molecule has 0 amide bonds. The molecule has 2 aliphatic heterocycles. The van der Waals surface area contributed by atoms with Crippen molar-refractivity contribution in [3.8, 4) is 0 Å². The second kappa shape index (κ2) is 8.24. The minimum atomic E-state index is -3.41. The third-order valence-electron chi connectivity index (χ3n) is 5.09. The third-order valence-corrected chi connectivity index (χ3v) is 8.32. The van der Waals surface area contributed by atoms with E-state index in [9.17, 15) is 8.42 Å². The quantitative estimate of drug-likeness (QED) is 0.578. The van der Waals surface area contributed by atoms with Gasteiger partial charge in [0.25, 0.3) is 10.0 Å². The van der Waals surface area contributed by atoms with Crippen LogP contribution in [0.25, 0.3) is 0 Å². The molecule has 1 spiro atoms. The molecule has 7 nitrogen and oxygen atoms in total. The first-order chi connectivity index (χ1) is 12.5. The predicted octanol–water partition coefficient (Wildman–Crippen LogP) is 1.45. The summed E-state index contributed by atoms with van der Waals surface area (Å²) >= 11 is 1.24. The average Bonchev–Trinajstić information content (AvgIpc) is 3.37. The molecule has 2 saturated heterocycles. The van der Waals surface area contributed by atoms with Gasteiger partial charge in [-0.1, -0.05) is 6.07 Å². The summed E-state index contributed by atoms with van der Waals surface area (Å²) in [6, 6.07) is 3.39. The Morgan fingerprint density at radius 3 is 3.00 bits per heavy atom. The van der Waals surface area contributed by atoms with Crippen LogP contribution in [-0.4, -0.2) is 76.6 Å². The molecule has 1 unspecified atom stereocenters. The topological polar surface area (TPSA) is 74.2 Å². The Labute approximate surface area is 160 Å². The third kappa shape index (κ3) is 4.21. The molecule has 2 fully saturated rings. The van der Waals surface area contributed by atoms with Gasteiger partial charge in [-0.25, -0.2) is 8.42 Å². The lowest BCUT2D eigenvalue weighted by atomic mass is 9.87. The number of aliphatic imine (C=N–C) groups is 1. The molecule has 0 radical (unpaired) electrons. The molecule has 9 heteroatoms. The molecule has 26 heavy (non-hydrogen) atoms. The zero-order chi connectivity index (χ0) is 18.6. The van der Waals surface area contributed by atoms with Crippen LogP contribution >= 0.6 is 11.3 Å². The Hall–Kier alpha value is -1.16. The van der Waals surface area contributed by atoms with Gasteiger partial charge in [0.1, 0.15) is 4.21 Å². The molecular formula is C17H28N4O3S2. The van der Waals surface area contributed by atoms with Crippen molar-refractivity contribution in [3.05, 3.63) is 17.5 Å². The number of hydrogen-bond donors (Lipinski definition) is 1. The standard InChI is InChI=1S/C17H28N4O3S2/c1-3-18-16(21-9-6-17(13-21)7-11-24-14-17)19-8-10-20(2)26(22,23)15-5-4-12-25-15/h4-5,12H,3,6-11,13-14H2,1-2H3,(H,18,19). The Morgan fingerprint density at radius 1 is 1.50 bits per heavy atom. The number of rotatable bonds is 6. The van der Waals surface area contributed by atoms with E-state index in [1.54, 1.807) is 24.6 Å². The summed E-state index contributed by atoms with van der Waals surface area (Å²) in [5.74, 6) is 0.873. The number of nitrogens with one attached hydrogen (secondary N) is 1. The molecule has 1 aromatic heterocycles. The van der Waals surface area contributed by atoms with Crippen LogP contribution in [0.3, 0.4) is 0 Å². The van der Waals surface area contributed by atoms with Crippen molar-refractivity contribution < 1.29 is 13.2 Å². The van der Waals surface area contributed by atoms with Crippen LogP contribution in [0.1, 0.15) is 19.8 Å². The molecule has 1 atom stereocenters. The van der Waals surface area contributed by atoms with E-state index in [1.807, 2.05) is 6.92 Å². The van der Waals surface area contributed by atoms with Gasteiger partial charge in [0.05, 0.1) is 13.2 Å². The van der Waals surface area contributed by atoms with Crippen molar-refractivity contribution in [1.82, 2.24) is 14.5 Å². The van der Waals surface area contributed by atoms with Crippen molar-refractivity contribution in [2.24, 2.45) is 10.4 Å². The maximum Gasteiger partial charge on any atom is 0.252 e. The fourth-order valence-electron chi connectivity index (χ4n) is 3.49. The summed E-state index contributed by atoms with van der Waals surface area (Å²) in [7, 11) is -1.80. The highest BCUT2D eigenvalue weighted by Gasteiger charge is 2.42. The van der Waals surface area contributed by atoms with E-state index in [4.69, 9.17) is 4.74 Å². The molecule has 3 heterocycles. The highest BCUT2D eigenvalue weighted by Crippen LogP contribution is 2.38. The van der Waals surface area contributed by atoms with E-state index in [0.717, 1.165) is 51.6 Å². The van der Waals surface area contributed by atoms with Crippen molar-refractivity contribution in [2.75, 3.05) is 53.0 Å². The van der Waals surface area contributed by atoms with Crippen LogP contribution in [0, 0.1) is 5.41 Å².